The lowest BCUT2D eigenvalue weighted by atomic mass is 10.1. The molecule has 0 aromatic heterocycles. The summed E-state index contributed by atoms with van der Waals surface area (Å²) in [6.07, 6.45) is 1.16. The minimum atomic E-state index is -0.971. The Balaban J connectivity index is 2.67. The fourth-order valence-electron chi connectivity index (χ4n) is 1.78. The highest BCUT2D eigenvalue weighted by Crippen LogP contribution is 2.25. The highest BCUT2D eigenvalue weighted by Gasteiger charge is 2.22. The maximum atomic E-state index is 12.1. The number of carboxylic acids is 1. The predicted octanol–water partition coefficient (Wildman–Crippen LogP) is 3.16. The second-order valence-corrected chi connectivity index (χ2v) is 5.52. The Morgan fingerprint density at radius 2 is 2.00 bits per heavy atom. The zero-order valence-corrected chi connectivity index (χ0v) is 13.3. The van der Waals surface area contributed by atoms with E-state index in [1.54, 1.807) is 19.1 Å². The number of benzene rings is 1. The number of carbonyl (C=O) groups is 2. The number of carboxylic acid groups (broad SMARTS) is 1. The standard InChI is InChI=1S/C14H18Cl2N2O3/c1-3-4-12(14(20)21)17-8(2)13(19)18-11-6-5-9(15)7-10(11)16/h5-8,12,17H,3-4H2,1-2H3,(H,18,19)(H,20,21). The summed E-state index contributed by atoms with van der Waals surface area (Å²) in [5.41, 5.74) is 0.432. The van der Waals surface area contributed by atoms with Crippen molar-refractivity contribution in [3.05, 3.63) is 28.2 Å². The summed E-state index contributed by atoms with van der Waals surface area (Å²) in [5, 5.41) is 15.3. The second-order valence-electron chi connectivity index (χ2n) is 4.68. The monoisotopic (exact) mass is 332 g/mol. The van der Waals surface area contributed by atoms with Gasteiger partial charge < -0.3 is 10.4 Å². The number of carbonyl (C=O) groups excluding carboxylic acids is 1. The fourth-order valence-corrected chi connectivity index (χ4v) is 2.23. The molecule has 0 saturated carbocycles. The van der Waals surface area contributed by atoms with E-state index in [4.69, 9.17) is 28.3 Å². The van der Waals surface area contributed by atoms with E-state index in [9.17, 15) is 9.59 Å². The van der Waals surface area contributed by atoms with Gasteiger partial charge in [-0.05, 0) is 31.5 Å². The summed E-state index contributed by atoms with van der Waals surface area (Å²) in [6, 6.07) is 3.31. The number of amides is 1. The molecular formula is C14H18Cl2N2O3. The van der Waals surface area contributed by atoms with Gasteiger partial charge in [-0.15, -0.1) is 0 Å². The van der Waals surface area contributed by atoms with E-state index in [2.05, 4.69) is 10.6 Å². The summed E-state index contributed by atoms with van der Waals surface area (Å²) in [6.45, 7) is 3.49. The average Bonchev–Trinajstić information content (AvgIpc) is 2.41. The van der Waals surface area contributed by atoms with Crippen LogP contribution in [0.5, 0.6) is 0 Å². The zero-order chi connectivity index (χ0) is 16.0. The van der Waals surface area contributed by atoms with Gasteiger partial charge in [0.05, 0.1) is 16.8 Å². The highest BCUT2D eigenvalue weighted by atomic mass is 35.5. The van der Waals surface area contributed by atoms with Crippen LogP contribution in [0.2, 0.25) is 10.0 Å². The van der Waals surface area contributed by atoms with Crippen molar-refractivity contribution >= 4 is 40.8 Å². The van der Waals surface area contributed by atoms with Crippen molar-refractivity contribution in [1.82, 2.24) is 5.32 Å². The van der Waals surface area contributed by atoms with Crippen molar-refractivity contribution in [2.75, 3.05) is 5.32 Å². The Morgan fingerprint density at radius 1 is 1.33 bits per heavy atom. The molecule has 21 heavy (non-hydrogen) atoms. The SMILES string of the molecule is CCCC(NC(C)C(=O)Nc1ccc(Cl)cc1Cl)C(=O)O. The normalized spacial score (nSPS) is 13.5. The Morgan fingerprint density at radius 3 is 2.52 bits per heavy atom. The van der Waals surface area contributed by atoms with Gasteiger partial charge in [0.25, 0.3) is 0 Å². The number of anilines is 1. The van der Waals surface area contributed by atoms with E-state index >= 15 is 0 Å². The molecule has 116 valence electrons. The van der Waals surface area contributed by atoms with Gasteiger partial charge in [-0.1, -0.05) is 36.5 Å². The lowest BCUT2D eigenvalue weighted by molar-refractivity contribution is -0.140. The van der Waals surface area contributed by atoms with E-state index in [0.717, 1.165) is 0 Å². The van der Waals surface area contributed by atoms with Crippen LogP contribution in [0.15, 0.2) is 18.2 Å². The minimum absolute atomic E-state index is 0.325. The van der Waals surface area contributed by atoms with E-state index < -0.39 is 18.1 Å². The maximum absolute atomic E-state index is 12.1. The van der Waals surface area contributed by atoms with E-state index in [1.807, 2.05) is 6.92 Å². The molecule has 5 nitrogen and oxygen atoms in total. The average molecular weight is 333 g/mol. The van der Waals surface area contributed by atoms with Crippen molar-refractivity contribution in [2.24, 2.45) is 0 Å². The maximum Gasteiger partial charge on any atom is 0.320 e. The van der Waals surface area contributed by atoms with Crippen LogP contribution in [0.4, 0.5) is 5.69 Å². The predicted molar refractivity (Wildman–Crippen MR) is 84.0 cm³/mol. The molecule has 0 heterocycles. The summed E-state index contributed by atoms with van der Waals surface area (Å²) in [7, 11) is 0. The first kappa shape index (κ1) is 17.8. The van der Waals surface area contributed by atoms with Gasteiger partial charge >= 0.3 is 5.97 Å². The Hall–Kier alpha value is -1.30. The van der Waals surface area contributed by atoms with Crippen LogP contribution in [0.25, 0.3) is 0 Å². The summed E-state index contributed by atoms with van der Waals surface area (Å²) < 4.78 is 0. The Bertz CT molecular complexity index is 523. The van der Waals surface area contributed by atoms with Gasteiger partial charge in [-0.3, -0.25) is 14.9 Å². The quantitative estimate of drug-likeness (QED) is 0.716. The third-order valence-electron chi connectivity index (χ3n) is 2.91. The van der Waals surface area contributed by atoms with E-state index in [1.165, 1.54) is 6.07 Å². The molecule has 3 N–H and O–H groups in total. The van der Waals surface area contributed by atoms with Crippen LogP contribution in [0.1, 0.15) is 26.7 Å². The highest BCUT2D eigenvalue weighted by molar-refractivity contribution is 6.36. The second kappa shape index (κ2) is 8.22. The van der Waals surface area contributed by atoms with Crippen LogP contribution in [-0.4, -0.2) is 29.1 Å². The van der Waals surface area contributed by atoms with Crippen molar-refractivity contribution in [2.45, 2.75) is 38.8 Å². The number of hydrogen-bond donors (Lipinski definition) is 3. The summed E-state index contributed by atoms with van der Waals surface area (Å²) in [5.74, 6) is -1.33. The van der Waals surface area contributed by atoms with Gasteiger partial charge in [0, 0.05) is 5.02 Å². The molecule has 0 fully saturated rings. The zero-order valence-electron chi connectivity index (χ0n) is 11.8. The molecule has 1 aromatic rings. The van der Waals surface area contributed by atoms with Gasteiger partial charge in [0.1, 0.15) is 6.04 Å². The van der Waals surface area contributed by atoms with Gasteiger partial charge in [-0.2, -0.15) is 0 Å². The van der Waals surface area contributed by atoms with E-state index in [-0.39, 0.29) is 5.91 Å². The van der Waals surface area contributed by atoms with Crippen LogP contribution in [0, 0.1) is 0 Å². The smallest absolute Gasteiger partial charge is 0.320 e. The third kappa shape index (κ3) is 5.53. The molecule has 0 bridgehead atoms. The molecule has 0 radical (unpaired) electrons. The molecule has 2 unspecified atom stereocenters. The minimum Gasteiger partial charge on any atom is -0.480 e. The number of aliphatic carboxylic acids is 1. The number of rotatable bonds is 7. The Labute approximate surface area is 133 Å². The third-order valence-corrected chi connectivity index (χ3v) is 3.46. The molecule has 7 heteroatoms. The molecule has 1 aromatic carbocycles. The number of halogens is 2. The molecule has 0 aliphatic heterocycles. The van der Waals surface area contributed by atoms with Crippen molar-refractivity contribution in [3.63, 3.8) is 0 Å². The number of hydrogen-bond acceptors (Lipinski definition) is 3. The molecule has 0 aliphatic carbocycles. The van der Waals surface area contributed by atoms with Crippen molar-refractivity contribution in [3.8, 4) is 0 Å². The van der Waals surface area contributed by atoms with Crippen LogP contribution in [-0.2, 0) is 9.59 Å². The molecule has 0 aliphatic rings. The van der Waals surface area contributed by atoms with Gasteiger partial charge in [0.2, 0.25) is 5.91 Å². The lowest BCUT2D eigenvalue weighted by Crippen LogP contribution is -2.47. The molecule has 2 atom stereocenters. The largest absolute Gasteiger partial charge is 0.480 e. The first-order valence-electron chi connectivity index (χ1n) is 6.60. The first-order valence-corrected chi connectivity index (χ1v) is 7.35. The van der Waals surface area contributed by atoms with Gasteiger partial charge in [0.15, 0.2) is 0 Å². The molecule has 0 spiro atoms. The van der Waals surface area contributed by atoms with Crippen LogP contribution < -0.4 is 10.6 Å². The lowest BCUT2D eigenvalue weighted by Gasteiger charge is -2.19. The molecule has 1 amide bonds. The number of nitrogens with one attached hydrogen (secondary N) is 2. The van der Waals surface area contributed by atoms with Gasteiger partial charge in [-0.25, -0.2) is 0 Å². The van der Waals surface area contributed by atoms with Crippen molar-refractivity contribution < 1.29 is 14.7 Å². The molecule has 1 rings (SSSR count). The van der Waals surface area contributed by atoms with Crippen molar-refractivity contribution in [1.29, 1.82) is 0 Å². The van der Waals surface area contributed by atoms with Crippen LogP contribution >= 0.6 is 23.2 Å². The van der Waals surface area contributed by atoms with Crippen LogP contribution in [0.3, 0.4) is 0 Å². The first-order chi connectivity index (χ1) is 9.85. The summed E-state index contributed by atoms with van der Waals surface area (Å²) >= 11 is 11.8. The van der Waals surface area contributed by atoms with E-state index in [0.29, 0.717) is 28.6 Å². The topological polar surface area (TPSA) is 78.4 Å². The fraction of sp³-hybridized carbons (Fsp3) is 0.429. The Kier molecular flexibility index (Phi) is 6.95. The molecule has 0 saturated heterocycles. The molecular weight excluding hydrogens is 315 g/mol. The summed E-state index contributed by atoms with van der Waals surface area (Å²) in [4.78, 5) is 23.1.